The minimum atomic E-state index is -0.0967. The first kappa shape index (κ1) is 12.9. The smallest absolute Gasteiger partial charge is 0.162 e. The molecular formula is C17H18O3. The predicted molar refractivity (Wildman–Crippen MR) is 77.5 cm³/mol. The summed E-state index contributed by atoms with van der Waals surface area (Å²) in [6, 6.07) is 15.8. The molecule has 2 atom stereocenters. The van der Waals surface area contributed by atoms with Gasteiger partial charge >= 0.3 is 0 Å². The summed E-state index contributed by atoms with van der Waals surface area (Å²) in [5.41, 5.74) is 1.09. The quantitative estimate of drug-likeness (QED) is 0.844. The van der Waals surface area contributed by atoms with E-state index in [-0.39, 0.29) is 12.2 Å². The van der Waals surface area contributed by atoms with E-state index < -0.39 is 0 Å². The Morgan fingerprint density at radius 1 is 0.950 bits per heavy atom. The fraction of sp³-hybridized carbons (Fsp3) is 0.294. The molecular weight excluding hydrogens is 252 g/mol. The molecule has 104 valence electrons. The van der Waals surface area contributed by atoms with E-state index in [9.17, 15) is 0 Å². The number of hydrogen-bond donors (Lipinski definition) is 0. The molecule has 0 saturated carbocycles. The molecule has 0 aliphatic carbocycles. The fourth-order valence-electron chi connectivity index (χ4n) is 2.40. The Bertz CT molecular complexity index is 577. The van der Waals surface area contributed by atoms with Gasteiger partial charge in [-0.3, -0.25) is 0 Å². The largest absolute Gasteiger partial charge is 0.494 e. The van der Waals surface area contributed by atoms with E-state index in [0.717, 1.165) is 22.8 Å². The van der Waals surface area contributed by atoms with Crippen molar-refractivity contribution in [1.29, 1.82) is 0 Å². The van der Waals surface area contributed by atoms with E-state index >= 15 is 0 Å². The maximum Gasteiger partial charge on any atom is 0.162 e. The second kappa shape index (κ2) is 5.45. The second-order valence-corrected chi connectivity index (χ2v) is 4.81. The molecule has 1 aliphatic rings. The van der Waals surface area contributed by atoms with Crippen molar-refractivity contribution in [3.8, 4) is 17.2 Å². The molecule has 0 fully saturated rings. The lowest BCUT2D eigenvalue weighted by molar-refractivity contribution is 0.0306. The van der Waals surface area contributed by atoms with Gasteiger partial charge in [-0.1, -0.05) is 24.3 Å². The van der Waals surface area contributed by atoms with E-state index in [1.807, 2.05) is 62.4 Å². The molecule has 0 radical (unpaired) electrons. The molecule has 3 nitrogen and oxygen atoms in total. The van der Waals surface area contributed by atoms with Crippen molar-refractivity contribution in [3.05, 3.63) is 54.1 Å². The van der Waals surface area contributed by atoms with Crippen LogP contribution >= 0.6 is 0 Å². The van der Waals surface area contributed by atoms with Gasteiger partial charge in [0, 0.05) is 0 Å². The Morgan fingerprint density at radius 2 is 1.60 bits per heavy atom. The van der Waals surface area contributed by atoms with Crippen molar-refractivity contribution in [2.24, 2.45) is 0 Å². The first-order valence-corrected chi connectivity index (χ1v) is 6.93. The highest BCUT2D eigenvalue weighted by Crippen LogP contribution is 2.39. The van der Waals surface area contributed by atoms with Gasteiger partial charge in [0.25, 0.3) is 0 Å². The molecule has 0 spiro atoms. The fourth-order valence-corrected chi connectivity index (χ4v) is 2.40. The van der Waals surface area contributed by atoms with E-state index in [1.165, 1.54) is 0 Å². The molecule has 20 heavy (non-hydrogen) atoms. The van der Waals surface area contributed by atoms with E-state index in [2.05, 4.69) is 0 Å². The van der Waals surface area contributed by atoms with Crippen LogP contribution in [0.25, 0.3) is 0 Å². The summed E-state index contributed by atoms with van der Waals surface area (Å²) in [6.07, 6.45) is -0.122. The number of rotatable bonds is 3. The highest BCUT2D eigenvalue weighted by molar-refractivity contribution is 5.42. The number of ether oxygens (including phenoxy) is 3. The van der Waals surface area contributed by atoms with E-state index in [1.54, 1.807) is 0 Å². The van der Waals surface area contributed by atoms with Crippen LogP contribution in [0.4, 0.5) is 0 Å². The van der Waals surface area contributed by atoms with E-state index in [4.69, 9.17) is 14.2 Å². The number of hydrogen-bond acceptors (Lipinski definition) is 3. The lowest BCUT2D eigenvalue weighted by Gasteiger charge is -2.32. The van der Waals surface area contributed by atoms with Gasteiger partial charge in [-0.15, -0.1) is 0 Å². The Balaban J connectivity index is 1.83. The Kier molecular flexibility index (Phi) is 3.50. The summed E-state index contributed by atoms with van der Waals surface area (Å²) in [7, 11) is 0. The Hall–Kier alpha value is -2.16. The monoisotopic (exact) mass is 270 g/mol. The molecule has 3 rings (SSSR count). The van der Waals surface area contributed by atoms with Gasteiger partial charge in [-0.2, -0.15) is 0 Å². The molecule has 0 bridgehead atoms. The maximum atomic E-state index is 6.06. The van der Waals surface area contributed by atoms with Crippen LogP contribution in [0, 0.1) is 0 Å². The summed E-state index contributed by atoms with van der Waals surface area (Å²) in [5, 5.41) is 0. The lowest BCUT2D eigenvalue weighted by atomic mass is 10.0. The van der Waals surface area contributed by atoms with Crippen molar-refractivity contribution in [3.63, 3.8) is 0 Å². The standard InChI is InChI=1S/C17H18O3/c1-3-18-14-10-8-13(9-11-14)17-12(2)19-15-6-4-5-7-16(15)20-17/h4-12,17H,3H2,1-2H3. The third kappa shape index (κ3) is 2.44. The molecule has 0 N–H and O–H groups in total. The normalized spacial score (nSPS) is 20.5. The van der Waals surface area contributed by atoms with Gasteiger partial charge in [-0.05, 0) is 43.7 Å². The molecule has 0 saturated heterocycles. The molecule has 0 aromatic heterocycles. The second-order valence-electron chi connectivity index (χ2n) is 4.81. The van der Waals surface area contributed by atoms with Crippen molar-refractivity contribution >= 4 is 0 Å². The first-order valence-electron chi connectivity index (χ1n) is 6.93. The molecule has 1 heterocycles. The third-order valence-electron chi connectivity index (χ3n) is 3.36. The molecule has 2 aromatic rings. The molecule has 1 aliphatic heterocycles. The first-order chi connectivity index (χ1) is 9.78. The van der Waals surface area contributed by atoms with Gasteiger partial charge in [0.1, 0.15) is 11.9 Å². The topological polar surface area (TPSA) is 27.7 Å². The van der Waals surface area contributed by atoms with Crippen LogP contribution in [-0.4, -0.2) is 12.7 Å². The van der Waals surface area contributed by atoms with Crippen molar-refractivity contribution in [1.82, 2.24) is 0 Å². The van der Waals surface area contributed by atoms with Crippen LogP contribution in [0.2, 0.25) is 0 Å². The predicted octanol–water partition coefficient (Wildman–Crippen LogP) is 3.99. The van der Waals surface area contributed by atoms with Crippen LogP contribution < -0.4 is 14.2 Å². The maximum absolute atomic E-state index is 6.06. The Labute approximate surface area is 119 Å². The number of para-hydroxylation sites is 2. The average molecular weight is 270 g/mol. The molecule has 2 unspecified atom stereocenters. The van der Waals surface area contributed by atoms with Gasteiger partial charge < -0.3 is 14.2 Å². The van der Waals surface area contributed by atoms with Crippen molar-refractivity contribution in [2.75, 3.05) is 6.61 Å². The zero-order valence-electron chi connectivity index (χ0n) is 11.7. The summed E-state index contributed by atoms with van der Waals surface area (Å²) in [5.74, 6) is 2.48. The number of benzene rings is 2. The lowest BCUT2D eigenvalue weighted by Crippen LogP contribution is -2.30. The molecule has 3 heteroatoms. The van der Waals surface area contributed by atoms with Crippen LogP contribution in [0.15, 0.2) is 48.5 Å². The number of fused-ring (bicyclic) bond motifs is 1. The SMILES string of the molecule is CCOc1ccc(C2Oc3ccccc3OC2C)cc1. The van der Waals surface area contributed by atoms with Gasteiger partial charge in [0.15, 0.2) is 17.6 Å². The summed E-state index contributed by atoms with van der Waals surface area (Å²) >= 11 is 0. The minimum Gasteiger partial charge on any atom is -0.494 e. The third-order valence-corrected chi connectivity index (χ3v) is 3.36. The van der Waals surface area contributed by atoms with E-state index in [0.29, 0.717) is 6.61 Å². The average Bonchev–Trinajstić information content (AvgIpc) is 2.48. The Morgan fingerprint density at radius 3 is 2.25 bits per heavy atom. The van der Waals surface area contributed by atoms with Crippen LogP contribution in [0.5, 0.6) is 17.2 Å². The summed E-state index contributed by atoms with van der Waals surface area (Å²) in [4.78, 5) is 0. The highest BCUT2D eigenvalue weighted by Gasteiger charge is 2.29. The van der Waals surface area contributed by atoms with Gasteiger partial charge in [0.2, 0.25) is 0 Å². The van der Waals surface area contributed by atoms with Gasteiger partial charge in [-0.25, -0.2) is 0 Å². The highest BCUT2D eigenvalue weighted by atomic mass is 16.6. The van der Waals surface area contributed by atoms with Gasteiger partial charge in [0.05, 0.1) is 6.61 Å². The van der Waals surface area contributed by atoms with Crippen molar-refractivity contribution < 1.29 is 14.2 Å². The molecule has 2 aromatic carbocycles. The molecule has 0 amide bonds. The zero-order chi connectivity index (χ0) is 13.9. The zero-order valence-corrected chi connectivity index (χ0v) is 11.7. The van der Waals surface area contributed by atoms with Crippen LogP contribution in [0.1, 0.15) is 25.5 Å². The minimum absolute atomic E-state index is 0.0251. The van der Waals surface area contributed by atoms with Crippen molar-refractivity contribution in [2.45, 2.75) is 26.1 Å². The summed E-state index contributed by atoms with van der Waals surface area (Å²) in [6.45, 7) is 4.67. The van der Waals surface area contributed by atoms with Crippen LogP contribution in [-0.2, 0) is 0 Å². The summed E-state index contributed by atoms with van der Waals surface area (Å²) < 4.78 is 17.4. The van der Waals surface area contributed by atoms with Crippen LogP contribution in [0.3, 0.4) is 0 Å².